The summed E-state index contributed by atoms with van der Waals surface area (Å²) in [4.78, 5) is 2.42. The molecule has 0 saturated heterocycles. The minimum atomic E-state index is 1.13. The molecule has 1 nitrogen and oxygen atoms in total. The number of anilines is 3. The molecule has 2 heterocycles. The molecule has 49 heavy (non-hydrogen) atoms. The first-order chi connectivity index (χ1) is 24.3. The van der Waals surface area contributed by atoms with E-state index in [-0.39, 0.29) is 0 Å². The van der Waals surface area contributed by atoms with Gasteiger partial charge in [-0.15, -0.1) is 22.7 Å². The van der Waals surface area contributed by atoms with Crippen LogP contribution in [-0.4, -0.2) is 0 Å². The van der Waals surface area contributed by atoms with Crippen molar-refractivity contribution in [2.75, 3.05) is 4.90 Å². The van der Waals surface area contributed by atoms with Gasteiger partial charge >= 0.3 is 0 Å². The van der Waals surface area contributed by atoms with Crippen molar-refractivity contribution in [3.05, 3.63) is 176 Å². The molecule has 0 aliphatic rings. The molecular formula is C46H29NS2. The third-order valence-electron chi connectivity index (χ3n) is 9.64. The highest BCUT2D eigenvalue weighted by Crippen LogP contribution is 2.43. The molecule has 0 bridgehead atoms. The Labute approximate surface area is 292 Å². The Hall–Kier alpha value is -5.74. The molecule has 8 aromatic carbocycles. The van der Waals surface area contributed by atoms with E-state index in [4.69, 9.17) is 0 Å². The Morgan fingerprint density at radius 2 is 0.857 bits per heavy atom. The SMILES string of the molecule is c1cc(-c2ccc3c(c2)sc2ccccc23)cc(N(c2cccc(-c3cccc4ccccc34)c2)c2ccc3sc4ccccc4c3c2)c1. The number of hydrogen-bond donors (Lipinski definition) is 0. The summed E-state index contributed by atoms with van der Waals surface area (Å²) in [5.74, 6) is 0. The van der Waals surface area contributed by atoms with Crippen molar-refractivity contribution in [2.45, 2.75) is 0 Å². The fourth-order valence-corrected chi connectivity index (χ4v) is 9.55. The summed E-state index contributed by atoms with van der Waals surface area (Å²) >= 11 is 3.73. The maximum atomic E-state index is 2.42. The highest BCUT2D eigenvalue weighted by molar-refractivity contribution is 7.26. The monoisotopic (exact) mass is 659 g/mol. The Balaban J connectivity index is 1.15. The highest BCUT2D eigenvalue weighted by Gasteiger charge is 2.17. The number of fused-ring (bicyclic) bond motifs is 7. The van der Waals surface area contributed by atoms with Crippen LogP contribution in [0.25, 0.3) is 73.4 Å². The van der Waals surface area contributed by atoms with Gasteiger partial charge in [-0.25, -0.2) is 0 Å². The quantitative estimate of drug-likeness (QED) is 0.178. The van der Waals surface area contributed by atoms with E-state index in [1.165, 1.54) is 73.4 Å². The lowest BCUT2D eigenvalue weighted by molar-refractivity contribution is 1.29. The van der Waals surface area contributed by atoms with Crippen LogP contribution in [0.2, 0.25) is 0 Å². The van der Waals surface area contributed by atoms with E-state index in [0.717, 1.165) is 17.1 Å². The molecule has 10 aromatic rings. The van der Waals surface area contributed by atoms with Gasteiger partial charge in [-0.05, 0) is 93.7 Å². The van der Waals surface area contributed by atoms with Gasteiger partial charge in [0.1, 0.15) is 0 Å². The topological polar surface area (TPSA) is 3.24 Å². The molecule has 0 aliphatic carbocycles. The smallest absolute Gasteiger partial charge is 0.0468 e. The second kappa shape index (κ2) is 11.5. The van der Waals surface area contributed by atoms with Crippen molar-refractivity contribution in [2.24, 2.45) is 0 Å². The van der Waals surface area contributed by atoms with Gasteiger partial charge in [-0.3, -0.25) is 0 Å². The predicted octanol–water partition coefficient (Wildman–Crippen LogP) is 14.4. The Morgan fingerprint density at radius 3 is 1.67 bits per heavy atom. The normalized spacial score (nSPS) is 11.7. The first-order valence-electron chi connectivity index (χ1n) is 16.6. The van der Waals surface area contributed by atoms with E-state index < -0.39 is 0 Å². The van der Waals surface area contributed by atoms with E-state index in [9.17, 15) is 0 Å². The van der Waals surface area contributed by atoms with E-state index in [1.54, 1.807) is 0 Å². The van der Waals surface area contributed by atoms with Crippen LogP contribution >= 0.6 is 22.7 Å². The summed E-state index contributed by atoms with van der Waals surface area (Å²) in [5.41, 5.74) is 8.27. The average Bonchev–Trinajstić information content (AvgIpc) is 3.73. The number of rotatable bonds is 5. The molecule has 2 aromatic heterocycles. The maximum absolute atomic E-state index is 2.42. The zero-order chi connectivity index (χ0) is 32.3. The zero-order valence-corrected chi connectivity index (χ0v) is 28.1. The zero-order valence-electron chi connectivity index (χ0n) is 26.5. The summed E-state index contributed by atoms with van der Waals surface area (Å²) in [6, 6.07) is 64.6. The summed E-state index contributed by atoms with van der Waals surface area (Å²) in [7, 11) is 0. The lowest BCUT2D eigenvalue weighted by Crippen LogP contribution is -2.10. The second-order valence-electron chi connectivity index (χ2n) is 12.6. The van der Waals surface area contributed by atoms with Gasteiger partial charge in [0.05, 0.1) is 0 Å². The van der Waals surface area contributed by atoms with Crippen molar-refractivity contribution in [1.82, 2.24) is 0 Å². The molecule has 0 fully saturated rings. The van der Waals surface area contributed by atoms with Crippen molar-refractivity contribution >= 4 is 90.9 Å². The molecule has 0 unspecified atom stereocenters. The Bertz CT molecular complexity index is 2850. The van der Waals surface area contributed by atoms with Gasteiger partial charge in [0.2, 0.25) is 0 Å². The molecule has 0 atom stereocenters. The summed E-state index contributed by atoms with van der Waals surface area (Å²) in [6.45, 7) is 0. The van der Waals surface area contributed by atoms with Crippen LogP contribution in [0.1, 0.15) is 0 Å². The molecule has 0 saturated carbocycles. The van der Waals surface area contributed by atoms with Crippen LogP contribution in [0.4, 0.5) is 17.1 Å². The molecule has 10 rings (SSSR count). The summed E-state index contributed by atoms with van der Waals surface area (Å²) in [5, 5.41) is 7.76. The minimum absolute atomic E-state index is 1.13. The van der Waals surface area contributed by atoms with Crippen LogP contribution in [-0.2, 0) is 0 Å². The van der Waals surface area contributed by atoms with Crippen molar-refractivity contribution in [3.8, 4) is 22.3 Å². The standard InChI is InChI=1S/C46H29NS2/c1-2-16-37-30(10-1)11-9-19-38(37)33-13-8-15-35(27-33)47(36-23-25-45-42(29-36)40-18-4-6-21-44(40)48-45)34-14-7-12-31(26-34)32-22-24-41-39-17-3-5-20-43(39)49-46(41)28-32/h1-29H. The van der Waals surface area contributed by atoms with Crippen molar-refractivity contribution < 1.29 is 0 Å². The van der Waals surface area contributed by atoms with Crippen molar-refractivity contribution in [3.63, 3.8) is 0 Å². The van der Waals surface area contributed by atoms with Gasteiger partial charge in [0, 0.05) is 57.4 Å². The third-order valence-corrected chi connectivity index (χ3v) is 11.9. The molecular weight excluding hydrogens is 631 g/mol. The van der Waals surface area contributed by atoms with Crippen LogP contribution < -0.4 is 4.90 Å². The maximum Gasteiger partial charge on any atom is 0.0468 e. The predicted molar refractivity (Wildman–Crippen MR) is 215 cm³/mol. The highest BCUT2D eigenvalue weighted by atomic mass is 32.1. The molecule has 3 heteroatoms. The van der Waals surface area contributed by atoms with Crippen molar-refractivity contribution in [1.29, 1.82) is 0 Å². The van der Waals surface area contributed by atoms with Gasteiger partial charge in [0.15, 0.2) is 0 Å². The fourth-order valence-electron chi connectivity index (χ4n) is 7.32. The average molecular weight is 660 g/mol. The Morgan fingerprint density at radius 1 is 0.306 bits per heavy atom. The number of thiophene rings is 2. The van der Waals surface area contributed by atoms with Crippen LogP contribution in [0.5, 0.6) is 0 Å². The minimum Gasteiger partial charge on any atom is -0.310 e. The molecule has 230 valence electrons. The fraction of sp³-hybridized carbons (Fsp3) is 0. The second-order valence-corrected chi connectivity index (χ2v) is 14.7. The summed E-state index contributed by atoms with van der Waals surface area (Å²) in [6.07, 6.45) is 0. The van der Waals surface area contributed by atoms with Gasteiger partial charge in [-0.1, -0.05) is 115 Å². The summed E-state index contributed by atoms with van der Waals surface area (Å²) < 4.78 is 5.27. The number of hydrogen-bond acceptors (Lipinski definition) is 3. The largest absolute Gasteiger partial charge is 0.310 e. The van der Waals surface area contributed by atoms with Crippen LogP contribution in [0, 0.1) is 0 Å². The Kier molecular flexibility index (Phi) is 6.61. The molecule has 0 radical (unpaired) electrons. The van der Waals surface area contributed by atoms with E-state index in [1.807, 2.05) is 22.7 Å². The van der Waals surface area contributed by atoms with Crippen LogP contribution in [0.3, 0.4) is 0 Å². The number of benzene rings is 8. The van der Waals surface area contributed by atoms with E-state index >= 15 is 0 Å². The van der Waals surface area contributed by atoms with Gasteiger partial charge in [-0.2, -0.15) is 0 Å². The molecule has 0 amide bonds. The third kappa shape index (κ3) is 4.82. The lowest BCUT2D eigenvalue weighted by Gasteiger charge is -2.27. The lowest BCUT2D eigenvalue weighted by atomic mass is 9.97. The first kappa shape index (κ1) is 28.3. The molecule has 0 N–H and O–H groups in total. The first-order valence-corrected chi connectivity index (χ1v) is 18.2. The van der Waals surface area contributed by atoms with E-state index in [2.05, 4.69) is 181 Å². The van der Waals surface area contributed by atoms with E-state index in [0.29, 0.717) is 0 Å². The molecule has 0 spiro atoms. The molecule has 0 aliphatic heterocycles. The van der Waals surface area contributed by atoms with Gasteiger partial charge in [0.25, 0.3) is 0 Å². The van der Waals surface area contributed by atoms with Crippen LogP contribution in [0.15, 0.2) is 176 Å². The number of nitrogens with zero attached hydrogens (tertiary/aromatic N) is 1. The van der Waals surface area contributed by atoms with Gasteiger partial charge < -0.3 is 4.90 Å².